The van der Waals surface area contributed by atoms with Gasteiger partial charge < -0.3 is 102 Å². The average molecular weight is 1830 g/mol. The van der Waals surface area contributed by atoms with E-state index in [9.17, 15) is 116 Å². The molecule has 674 valence electrons. The minimum atomic E-state index is -5.65. The van der Waals surface area contributed by atoms with Gasteiger partial charge in [0.15, 0.2) is 35.4 Å². The largest absolute Gasteiger partial charge is 0.481 e. The van der Waals surface area contributed by atoms with E-state index in [4.69, 9.17) is 39.0 Å². The second-order valence-corrected chi connectivity index (χ2v) is 39.6. The lowest BCUT2D eigenvalue weighted by atomic mass is 9.81. The molecule has 54 heteroatoms. The van der Waals surface area contributed by atoms with Gasteiger partial charge in [-0.3, -0.25) is 65.0 Å². The molecule has 0 bridgehead atoms. The number of unbranched alkanes of at least 4 members (excludes halogenated alkanes) is 4. The Morgan fingerprint density at radius 2 is 0.825 bits per heavy atom. The molecule has 7 rings (SSSR count). The number of benzene rings is 1. The molecule has 2 saturated heterocycles. The van der Waals surface area contributed by atoms with E-state index < -0.39 is 180 Å². The lowest BCUT2D eigenvalue weighted by molar-refractivity contribution is -0.137. The monoisotopic (exact) mass is 1820 g/mol. The number of Topliss-reactive ketones (excluding diaryl/α,β-unsaturated/α-hetero) is 2. The van der Waals surface area contributed by atoms with E-state index in [0.29, 0.717) is 12.8 Å². The number of nitrogens with zero attached hydrogens (tertiary/aromatic N) is 8. The molecule has 2 fully saturated rings. The number of carbonyl (C=O) groups is 6. The van der Waals surface area contributed by atoms with Gasteiger partial charge in [-0.05, 0) is 49.7 Å². The Balaban J connectivity index is 0.703. The number of anilines is 2. The fraction of sp³-hybridized carbons (Fsp3) is 0.667. The maximum Gasteiger partial charge on any atom is 0.481 e. The number of ketones is 2. The first kappa shape index (κ1) is 101. The van der Waals surface area contributed by atoms with Gasteiger partial charge in [-0.1, -0.05) is 105 Å². The summed E-state index contributed by atoms with van der Waals surface area (Å²) in [6.07, 6.45) is -6.61. The first-order valence-electron chi connectivity index (χ1n) is 37.5. The molecule has 5 aromatic rings. The van der Waals surface area contributed by atoms with Crippen LogP contribution in [-0.4, -0.2) is 235 Å². The Morgan fingerprint density at radius 1 is 0.483 bits per heavy atom. The number of carbonyl (C=O) groups excluding carboxylic acids is 6. The van der Waals surface area contributed by atoms with Crippen molar-refractivity contribution in [2.24, 2.45) is 21.7 Å². The van der Waals surface area contributed by atoms with E-state index in [1.807, 2.05) is 39.8 Å². The van der Waals surface area contributed by atoms with Gasteiger partial charge in [0.2, 0.25) is 23.6 Å². The zero-order valence-corrected chi connectivity index (χ0v) is 72.1. The van der Waals surface area contributed by atoms with Crippen molar-refractivity contribution in [2.75, 3.05) is 64.1 Å². The molecule has 0 radical (unpaired) electrons. The normalized spacial score (nSPS) is 21.4. The molecular weight excluding hydrogens is 1720 g/mol. The molecular formula is C66H106N14O34P6. The predicted octanol–water partition coefficient (Wildman–Crippen LogP) is 2.70. The zero-order chi connectivity index (χ0) is 89.4. The number of phosphoric ester groups is 6. The number of imidazole rings is 2. The Morgan fingerprint density at radius 3 is 1.18 bits per heavy atom. The number of hydrogen-bond donors (Lipinski definition) is 18. The fourth-order valence-electron chi connectivity index (χ4n) is 12.6. The number of nitrogens with two attached hydrogens (primary N) is 2. The number of nitrogens with one attached hydrogen (secondary N) is 4. The summed E-state index contributed by atoms with van der Waals surface area (Å²) in [5.41, 5.74) is 9.41. The molecule has 14 unspecified atom stereocenters. The quantitative estimate of drug-likeness (QED) is 0.0196. The number of aliphatic hydroxyl groups is 4. The van der Waals surface area contributed by atoms with Crippen LogP contribution in [0.1, 0.15) is 156 Å². The van der Waals surface area contributed by atoms with E-state index in [0.717, 1.165) is 85.8 Å². The molecule has 6 heterocycles. The summed E-state index contributed by atoms with van der Waals surface area (Å²) in [7, 11) is -33.2. The Kier molecular flexibility index (Phi) is 35.7. The van der Waals surface area contributed by atoms with Gasteiger partial charge in [-0.25, -0.2) is 57.3 Å². The molecule has 2 aliphatic heterocycles. The highest BCUT2D eigenvalue weighted by Gasteiger charge is 2.53. The summed E-state index contributed by atoms with van der Waals surface area (Å²) in [4.78, 5) is 181. The predicted molar refractivity (Wildman–Crippen MR) is 417 cm³/mol. The molecule has 0 saturated carbocycles. The molecule has 48 nitrogen and oxygen atoms in total. The molecule has 120 heavy (non-hydrogen) atoms. The van der Waals surface area contributed by atoms with Gasteiger partial charge in [-0.2, -0.15) is 8.62 Å². The minimum Gasteiger partial charge on any atom is -0.386 e. The number of hydrogen-bond acceptors (Lipinski definition) is 34. The van der Waals surface area contributed by atoms with Crippen LogP contribution < -0.4 is 32.7 Å². The van der Waals surface area contributed by atoms with Crippen molar-refractivity contribution < 1.29 is 161 Å². The van der Waals surface area contributed by atoms with Crippen molar-refractivity contribution in [2.45, 2.75) is 207 Å². The van der Waals surface area contributed by atoms with Crippen molar-refractivity contribution in [1.29, 1.82) is 0 Å². The molecule has 1 aromatic carbocycles. The van der Waals surface area contributed by atoms with Gasteiger partial charge in [0, 0.05) is 73.5 Å². The standard InChI is InChI=1S/C66H106N14O34P6/c1-63(2,43(81)21-27-69-45(83)23-29-71-59(89)53(87)65(5,6)33-107-119(101,102)113-117(97,98)105-31-41-51(111-115(91,92)93)49(85)61(109-41)79-37-77-47-55(67)73-35-75-57(47)79)25-15-9-11-17-39-19-13-14-20-40(39)18-12-10-16-26-64(3,4)44(82)22-28-70-46(84)24-30-72-60(90)54(88)66(7,8)34-108-120(103,104)114-118(99,100)106-32-42-52(112-116(94,95)96)50(86)62(110-42)80-38-78-48-56(68)74-36-76-58(48)80/h13-14,19-20,35-38,41-42,49-54,61-62,85-88H,9-12,15-18,21-34H2,1-8H3,(H,69,83)(H,70,84)(H,71,89)(H,72,90)(H,97,98)(H,99,100)(H,101,102)(H,103,104)(H2,67,73,75)(H2,68,74,76)(H2,91,92,93)(H2,94,95,96). The van der Waals surface area contributed by atoms with Crippen LogP contribution in [0.4, 0.5) is 11.6 Å². The molecule has 14 atom stereocenters. The highest BCUT2D eigenvalue weighted by atomic mass is 31.3. The van der Waals surface area contributed by atoms with Crippen LogP contribution in [-0.2, 0) is 114 Å². The number of fused-ring (bicyclic) bond motifs is 2. The van der Waals surface area contributed by atoms with Crippen molar-refractivity contribution in [3.63, 3.8) is 0 Å². The smallest absolute Gasteiger partial charge is 0.386 e. The van der Waals surface area contributed by atoms with Gasteiger partial charge >= 0.3 is 46.9 Å². The number of phosphoric acid groups is 6. The second-order valence-electron chi connectivity index (χ2n) is 31.1. The SMILES string of the molecule is CC(C)(CCCCCc1ccccc1CCCCCC(C)(C)C(=O)CCNC(=O)CCNC(=O)C(O)C(C)(C)COP(=O)(O)OP(=O)(O)OCC1OC(n2cnc3c(N)ncnc32)C(O)C1OP(=O)(O)O)C(=O)CCNC(=O)CCNC(=O)C(O)C(C)(C)COP(=O)(O)OP(=O)(O)OCC1OC(n2cnc3c(N)ncnc32)C(O)C1OP(=O)(O)O. The first-order chi connectivity index (χ1) is 55.6. The van der Waals surface area contributed by atoms with Gasteiger partial charge in [0.25, 0.3) is 0 Å². The number of ether oxygens (including phenoxy) is 2. The van der Waals surface area contributed by atoms with Crippen molar-refractivity contribution in [1.82, 2.24) is 60.3 Å². The van der Waals surface area contributed by atoms with E-state index >= 15 is 0 Å². The number of aryl methyl sites for hydroxylation is 2. The van der Waals surface area contributed by atoms with E-state index in [2.05, 4.69) is 81.0 Å². The van der Waals surface area contributed by atoms with Crippen molar-refractivity contribution in [3.05, 3.63) is 60.7 Å². The maximum absolute atomic E-state index is 13.3. The Bertz CT molecular complexity index is 4400. The molecule has 20 N–H and O–H groups in total. The highest BCUT2D eigenvalue weighted by Crippen LogP contribution is 2.63. The number of amides is 4. The number of aromatic nitrogens is 8. The summed E-state index contributed by atoms with van der Waals surface area (Å²) < 4.78 is 126. The third-order valence-corrected chi connectivity index (χ3v) is 25.8. The fourth-order valence-corrected chi connectivity index (χ4v) is 18.3. The molecule has 4 aromatic heterocycles. The van der Waals surface area contributed by atoms with Crippen LogP contribution in [0, 0.1) is 21.7 Å². The molecule has 0 aliphatic carbocycles. The van der Waals surface area contributed by atoms with Crippen molar-refractivity contribution in [3.8, 4) is 0 Å². The lowest BCUT2D eigenvalue weighted by Crippen LogP contribution is -2.46. The third kappa shape index (κ3) is 30.2. The maximum atomic E-state index is 13.3. The summed E-state index contributed by atoms with van der Waals surface area (Å²) in [6, 6.07) is 8.17. The zero-order valence-electron chi connectivity index (χ0n) is 66.7. The van der Waals surface area contributed by atoms with Gasteiger partial charge in [0.05, 0.1) is 39.1 Å². The van der Waals surface area contributed by atoms with Gasteiger partial charge in [-0.15, -0.1) is 0 Å². The summed E-state index contributed by atoms with van der Waals surface area (Å²) in [6.45, 7) is 7.54. The summed E-state index contributed by atoms with van der Waals surface area (Å²) >= 11 is 0. The van der Waals surface area contributed by atoms with Crippen LogP contribution in [0.2, 0.25) is 0 Å². The number of nitrogen functional groups attached to an aromatic ring is 2. The van der Waals surface area contributed by atoms with Crippen LogP contribution in [0.5, 0.6) is 0 Å². The third-order valence-electron chi connectivity index (χ3n) is 19.6. The Labute approximate surface area is 687 Å². The second kappa shape index (κ2) is 42.6. The highest BCUT2D eigenvalue weighted by molar-refractivity contribution is 7.61. The van der Waals surface area contributed by atoms with E-state index in [-0.39, 0.29) is 97.4 Å². The summed E-state index contributed by atoms with van der Waals surface area (Å²) in [5.74, 6) is -3.37. The summed E-state index contributed by atoms with van der Waals surface area (Å²) in [5, 5.41) is 53.7. The van der Waals surface area contributed by atoms with Crippen LogP contribution in [0.3, 0.4) is 0 Å². The molecule has 0 spiro atoms. The first-order valence-corrected chi connectivity index (χ1v) is 46.6. The van der Waals surface area contributed by atoms with E-state index in [1.165, 1.54) is 38.8 Å². The Hall–Kier alpha value is -6.36. The van der Waals surface area contributed by atoms with Crippen LogP contribution in [0.25, 0.3) is 22.3 Å². The number of aliphatic hydroxyl groups excluding tert-OH is 4. The number of rotatable bonds is 52. The minimum absolute atomic E-state index is 0.00436. The van der Waals surface area contributed by atoms with Crippen LogP contribution in [0.15, 0.2) is 49.6 Å². The molecule has 4 amide bonds. The van der Waals surface area contributed by atoms with Crippen molar-refractivity contribution >= 4 is 116 Å². The van der Waals surface area contributed by atoms with E-state index in [1.54, 1.807) is 0 Å². The topological polar surface area (TPSA) is 727 Å². The van der Waals surface area contributed by atoms with Crippen LogP contribution >= 0.6 is 46.9 Å². The lowest BCUT2D eigenvalue weighted by Gasteiger charge is -2.30. The average Bonchev–Trinajstić information content (AvgIpc) is 1.61. The molecule has 2 aliphatic rings. The van der Waals surface area contributed by atoms with Gasteiger partial charge in [0.1, 0.15) is 84.1 Å².